The lowest BCUT2D eigenvalue weighted by Gasteiger charge is -2.09. The number of carbonyl (C=O) groups is 2. The van der Waals surface area contributed by atoms with E-state index in [4.69, 9.17) is 0 Å². The average molecular weight is 360 g/mol. The molecule has 0 heterocycles. The molecule has 18 heavy (non-hydrogen) atoms. The highest BCUT2D eigenvalue weighted by Crippen LogP contribution is 2.10. The lowest BCUT2D eigenvalue weighted by Crippen LogP contribution is -2.38. The highest BCUT2D eigenvalue weighted by molar-refractivity contribution is 14.1. The van der Waals surface area contributed by atoms with E-state index < -0.39 is 0 Å². The Labute approximate surface area is 121 Å². The van der Waals surface area contributed by atoms with Crippen molar-refractivity contribution in [2.24, 2.45) is 5.92 Å². The van der Waals surface area contributed by atoms with Crippen LogP contribution in [0.25, 0.3) is 0 Å². The molecule has 0 spiro atoms. The smallest absolute Gasteiger partial charge is 0.252 e. The Morgan fingerprint density at radius 1 is 1.22 bits per heavy atom. The van der Waals surface area contributed by atoms with Gasteiger partial charge in [-0.2, -0.15) is 0 Å². The van der Waals surface area contributed by atoms with E-state index in [0.29, 0.717) is 18.0 Å². The fraction of sp³-hybridized carbons (Fsp3) is 0.385. The SMILES string of the molecule is CC(C)CNC(=O)CNC(=O)c1ccccc1I. The van der Waals surface area contributed by atoms with E-state index in [0.717, 1.165) is 3.57 Å². The average Bonchev–Trinajstić information content (AvgIpc) is 2.34. The monoisotopic (exact) mass is 360 g/mol. The zero-order valence-corrected chi connectivity index (χ0v) is 12.7. The van der Waals surface area contributed by atoms with E-state index in [1.807, 2.05) is 26.0 Å². The van der Waals surface area contributed by atoms with Crippen LogP contribution in [-0.2, 0) is 4.79 Å². The van der Waals surface area contributed by atoms with Crippen LogP contribution in [0.3, 0.4) is 0 Å². The summed E-state index contributed by atoms with van der Waals surface area (Å²) in [6.45, 7) is 4.67. The lowest BCUT2D eigenvalue weighted by atomic mass is 10.2. The Bertz CT molecular complexity index is 433. The van der Waals surface area contributed by atoms with Crippen molar-refractivity contribution < 1.29 is 9.59 Å². The number of hydrogen-bond donors (Lipinski definition) is 2. The molecule has 1 rings (SSSR count). The first kappa shape index (κ1) is 14.9. The maximum absolute atomic E-state index is 11.8. The Morgan fingerprint density at radius 2 is 1.89 bits per heavy atom. The van der Waals surface area contributed by atoms with Crippen molar-refractivity contribution in [3.63, 3.8) is 0 Å². The van der Waals surface area contributed by atoms with Gasteiger partial charge in [-0.3, -0.25) is 9.59 Å². The first-order chi connectivity index (χ1) is 8.50. The van der Waals surface area contributed by atoms with E-state index in [9.17, 15) is 9.59 Å². The van der Waals surface area contributed by atoms with Crippen molar-refractivity contribution in [2.75, 3.05) is 13.1 Å². The van der Waals surface area contributed by atoms with E-state index >= 15 is 0 Å². The number of nitrogens with one attached hydrogen (secondary N) is 2. The fourth-order valence-electron chi connectivity index (χ4n) is 1.28. The molecule has 0 aliphatic carbocycles. The number of carbonyl (C=O) groups excluding carboxylic acids is 2. The predicted molar refractivity (Wildman–Crippen MR) is 79.3 cm³/mol. The maximum Gasteiger partial charge on any atom is 0.252 e. The molecule has 1 aromatic carbocycles. The highest BCUT2D eigenvalue weighted by atomic mass is 127. The van der Waals surface area contributed by atoms with Crippen molar-refractivity contribution in [2.45, 2.75) is 13.8 Å². The summed E-state index contributed by atoms with van der Waals surface area (Å²) in [5, 5.41) is 5.36. The first-order valence-corrected chi connectivity index (χ1v) is 6.88. The molecule has 0 fully saturated rings. The van der Waals surface area contributed by atoms with E-state index in [-0.39, 0.29) is 18.4 Å². The molecule has 98 valence electrons. The first-order valence-electron chi connectivity index (χ1n) is 5.80. The van der Waals surface area contributed by atoms with Gasteiger partial charge in [0.1, 0.15) is 0 Å². The molecule has 0 unspecified atom stereocenters. The predicted octanol–water partition coefficient (Wildman–Crippen LogP) is 1.79. The van der Waals surface area contributed by atoms with Gasteiger partial charge in [0, 0.05) is 10.1 Å². The van der Waals surface area contributed by atoms with Gasteiger partial charge in [0.2, 0.25) is 5.91 Å². The Hall–Kier alpha value is -1.11. The Morgan fingerprint density at radius 3 is 2.50 bits per heavy atom. The summed E-state index contributed by atoms with van der Waals surface area (Å²) in [5.41, 5.74) is 0.592. The summed E-state index contributed by atoms with van der Waals surface area (Å²) in [6.07, 6.45) is 0. The number of amides is 2. The quantitative estimate of drug-likeness (QED) is 0.787. The molecule has 0 bridgehead atoms. The Balaban J connectivity index is 2.42. The standard InChI is InChI=1S/C13H17IN2O2/c1-9(2)7-15-12(17)8-16-13(18)10-5-3-4-6-11(10)14/h3-6,9H,7-8H2,1-2H3,(H,15,17)(H,16,18). The molecular weight excluding hydrogens is 343 g/mol. The largest absolute Gasteiger partial charge is 0.354 e. The van der Waals surface area contributed by atoms with Gasteiger partial charge in [0.05, 0.1) is 12.1 Å². The molecule has 0 radical (unpaired) electrons. The molecule has 5 heteroatoms. The second-order valence-corrected chi connectivity index (χ2v) is 5.52. The van der Waals surface area contributed by atoms with Crippen LogP contribution >= 0.6 is 22.6 Å². The maximum atomic E-state index is 11.8. The van der Waals surface area contributed by atoms with E-state index in [1.165, 1.54) is 0 Å². The van der Waals surface area contributed by atoms with Crippen LogP contribution < -0.4 is 10.6 Å². The van der Waals surface area contributed by atoms with Crippen LogP contribution in [0.15, 0.2) is 24.3 Å². The highest BCUT2D eigenvalue weighted by Gasteiger charge is 2.10. The minimum absolute atomic E-state index is 0.0104. The molecular formula is C13H17IN2O2. The third kappa shape index (κ3) is 5.03. The summed E-state index contributed by atoms with van der Waals surface area (Å²) < 4.78 is 0.871. The molecule has 4 nitrogen and oxygen atoms in total. The molecule has 0 aromatic heterocycles. The number of hydrogen-bond acceptors (Lipinski definition) is 2. The molecule has 0 aliphatic rings. The van der Waals surface area contributed by atoms with Gasteiger partial charge < -0.3 is 10.6 Å². The van der Waals surface area contributed by atoms with Crippen molar-refractivity contribution >= 4 is 34.4 Å². The fourth-order valence-corrected chi connectivity index (χ4v) is 1.91. The molecule has 1 aromatic rings. The Kier molecular flexibility index (Phi) is 6.11. The van der Waals surface area contributed by atoms with Gasteiger partial charge in [0.25, 0.3) is 5.91 Å². The van der Waals surface area contributed by atoms with Gasteiger partial charge in [0.15, 0.2) is 0 Å². The van der Waals surface area contributed by atoms with Gasteiger partial charge in [-0.15, -0.1) is 0 Å². The summed E-state index contributed by atoms with van der Waals surface area (Å²) >= 11 is 2.10. The third-order valence-electron chi connectivity index (χ3n) is 2.24. The normalized spacial score (nSPS) is 10.2. The third-order valence-corrected chi connectivity index (χ3v) is 3.18. The minimum atomic E-state index is -0.223. The topological polar surface area (TPSA) is 58.2 Å². The van der Waals surface area contributed by atoms with Gasteiger partial charge in [-0.1, -0.05) is 26.0 Å². The van der Waals surface area contributed by atoms with Crippen LogP contribution in [0, 0.1) is 9.49 Å². The van der Waals surface area contributed by atoms with Crippen LogP contribution in [0.5, 0.6) is 0 Å². The summed E-state index contributed by atoms with van der Waals surface area (Å²) in [4.78, 5) is 23.3. The van der Waals surface area contributed by atoms with Crippen LogP contribution in [-0.4, -0.2) is 24.9 Å². The lowest BCUT2D eigenvalue weighted by molar-refractivity contribution is -0.120. The zero-order valence-electron chi connectivity index (χ0n) is 10.5. The van der Waals surface area contributed by atoms with E-state index in [1.54, 1.807) is 12.1 Å². The molecule has 0 saturated carbocycles. The number of benzene rings is 1. The van der Waals surface area contributed by atoms with Gasteiger partial charge >= 0.3 is 0 Å². The van der Waals surface area contributed by atoms with Crippen molar-refractivity contribution in [3.05, 3.63) is 33.4 Å². The van der Waals surface area contributed by atoms with Crippen LogP contribution in [0.2, 0.25) is 0 Å². The minimum Gasteiger partial charge on any atom is -0.354 e. The summed E-state index contributed by atoms with van der Waals surface area (Å²) in [6, 6.07) is 7.27. The van der Waals surface area contributed by atoms with E-state index in [2.05, 4.69) is 33.2 Å². The molecule has 2 N–H and O–H groups in total. The van der Waals surface area contributed by atoms with Crippen molar-refractivity contribution in [1.82, 2.24) is 10.6 Å². The van der Waals surface area contributed by atoms with Crippen molar-refractivity contribution in [3.8, 4) is 0 Å². The zero-order chi connectivity index (χ0) is 13.5. The second-order valence-electron chi connectivity index (χ2n) is 4.36. The number of halogens is 1. The molecule has 0 aliphatic heterocycles. The van der Waals surface area contributed by atoms with Crippen LogP contribution in [0.1, 0.15) is 24.2 Å². The molecule has 0 saturated heterocycles. The van der Waals surface area contributed by atoms with Gasteiger partial charge in [-0.05, 0) is 40.6 Å². The summed E-state index contributed by atoms with van der Waals surface area (Å²) in [7, 11) is 0. The van der Waals surface area contributed by atoms with Crippen molar-refractivity contribution in [1.29, 1.82) is 0 Å². The molecule has 0 atom stereocenters. The van der Waals surface area contributed by atoms with Crippen LogP contribution in [0.4, 0.5) is 0 Å². The molecule has 2 amide bonds. The van der Waals surface area contributed by atoms with Gasteiger partial charge in [-0.25, -0.2) is 0 Å². The number of rotatable bonds is 5. The second kappa shape index (κ2) is 7.35. The summed E-state index contributed by atoms with van der Waals surface area (Å²) in [5.74, 6) is 0.0161.